The number of benzene rings is 1. The molecule has 0 aliphatic rings. The molecule has 3 aromatic rings. The van der Waals surface area contributed by atoms with Crippen LogP contribution in [0.5, 0.6) is 0 Å². The molecule has 0 aliphatic carbocycles. The van der Waals surface area contributed by atoms with E-state index in [-0.39, 0.29) is 5.91 Å². The molecular weight excluding hydrogens is 330 g/mol. The molecule has 1 aromatic carbocycles. The van der Waals surface area contributed by atoms with Gasteiger partial charge >= 0.3 is 0 Å². The summed E-state index contributed by atoms with van der Waals surface area (Å²) in [6.45, 7) is 0.716. The molecule has 0 saturated carbocycles. The summed E-state index contributed by atoms with van der Waals surface area (Å²) < 4.78 is 0. The maximum Gasteiger partial charge on any atom is 0.220 e. The summed E-state index contributed by atoms with van der Waals surface area (Å²) in [5.74, 6) is 0.0914. The third-order valence-corrected chi connectivity index (χ3v) is 4.81. The lowest BCUT2D eigenvalue weighted by molar-refractivity contribution is -0.121. The van der Waals surface area contributed by atoms with Gasteiger partial charge in [0.05, 0.1) is 10.7 Å². The van der Waals surface area contributed by atoms with Gasteiger partial charge in [0.2, 0.25) is 5.91 Å². The molecule has 25 heavy (non-hydrogen) atoms. The minimum absolute atomic E-state index is 0.0914. The van der Waals surface area contributed by atoms with Crippen molar-refractivity contribution in [2.24, 2.45) is 0 Å². The van der Waals surface area contributed by atoms with Crippen molar-refractivity contribution < 1.29 is 4.79 Å². The first-order chi connectivity index (χ1) is 12.3. The molecule has 0 aliphatic heterocycles. The minimum atomic E-state index is 0.0914. The van der Waals surface area contributed by atoms with Gasteiger partial charge in [0.15, 0.2) is 0 Å². The van der Waals surface area contributed by atoms with E-state index < -0.39 is 0 Å². The van der Waals surface area contributed by atoms with E-state index in [2.05, 4.69) is 27.4 Å². The van der Waals surface area contributed by atoms with Crippen molar-refractivity contribution in [1.29, 1.82) is 0 Å². The van der Waals surface area contributed by atoms with E-state index in [1.54, 1.807) is 23.7 Å². The predicted octanol–water partition coefficient (Wildman–Crippen LogP) is 3.89. The molecule has 4 nitrogen and oxygen atoms in total. The molecule has 3 rings (SSSR count). The quantitative estimate of drug-likeness (QED) is 0.627. The lowest BCUT2D eigenvalue weighted by Gasteiger charge is -2.04. The highest BCUT2D eigenvalue weighted by Crippen LogP contribution is 2.21. The number of carbonyl (C=O) groups is 1. The average Bonchev–Trinajstić information content (AvgIpc) is 3.14. The van der Waals surface area contributed by atoms with Crippen molar-refractivity contribution in [3.8, 4) is 11.3 Å². The van der Waals surface area contributed by atoms with Crippen molar-refractivity contribution in [1.82, 2.24) is 15.3 Å². The molecule has 128 valence electrons. The number of rotatable bonds is 8. The maximum atomic E-state index is 12.0. The van der Waals surface area contributed by atoms with Crippen LogP contribution in [0.2, 0.25) is 0 Å². The van der Waals surface area contributed by atoms with E-state index in [1.807, 2.05) is 35.7 Å². The Balaban J connectivity index is 1.37. The lowest BCUT2D eigenvalue weighted by Crippen LogP contribution is -2.24. The minimum Gasteiger partial charge on any atom is -0.356 e. The van der Waals surface area contributed by atoms with Crippen LogP contribution in [0.1, 0.15) is 23.4 Å². The van der Waals surface area contributed by atoms with E-state index in [1.165, 1.54) is 5.56 Å². The van der Waals surface area contributed by atoms with Gasteiger partial charge in [-0.3, -0.25) is 9.78 Å². The van der Waals surface area contributed by atoms with Crippen molar-refractivity contribution in [3.63, 3.8) is 0 Å². The van der Waals surface area contributed by atoms with Crippen LogP contribution in [0.15, 0.2) is 60.2 Å². The van der Waals surface area contributed by atoms with Crippen molar-refractivity contribution in [2.75, 3.05) is 6.54 Å². The van der Waals surface area contributed by atoms with Gasteiger partial charge in [0, 0.05) is 42.7 Å². The first-order valence-electron chi connectivity index (χ1n) is 8.47. The van der Waals surface area contributed by atoms with Crippen LogP contribution in [0.3, 0.4) is 0 Å². The number of pyridine rings is 1. The fourth-order valence-corrected chi connectivity index (χ4v) is 3.36. The summed E-state index contributed by atoms with van der Waals surface area (Å²) in [5, 5.41) is 6.01. The monoisotopic (exact) mass is 351 g/mol. The molecular formula is C20H21N3OS. The highest BCUT2D eigenvalue weighted by Gasteiger charge is 2.07. The van der Waals surface area contributed by atoms with Crippen LogP contribution in [0.4, 0.5) is 0 Å². The fourth-order valence-electron chi connectivity index (χ4n) is 2.55. The van der Waals surface area contributed by atoms with Crippen molar-refractivity contribution in [3.05, 3.63) is 70.8 Å². The normalized spacial score (nSPS) is 10.6. The number of nitrogens with one attached hydrogen (secondary N) is 1. The Morgan fingerprint density at radius 3 is 2.64 bits per heavy atom. The Morgan fingerprint density at radius 1 is 1.04 bits per heavy atom. The van der Waals surface area contributed by atoms with E-state index in [0.717, 1.165) is 29.1 Å². The highest BCUT2D eigenvalue weighted by atomic mass is 32.1. The summed E-state index contributed by atoms with van der Waals surface area (Å²) in [4.78, 5) is 20.6. The van der Waals surface area contributed by atoms with Gasteiger partial charge in [-0.2, -0.15) is 0 Å². The Labute approximate surface area is 152 Å². The highest BCUT2D eigenvalue weighted by molar-refractivity contribution is 7.09. The third kappa shape index (κ3) is 5.50. The van der Waals surface area contributed by atoms with E-state index in [9.17, 15) is 4.79 Å². The number of aryl methyl sites for hydroxylation is 2. The summed E-state index contributed by atoms with van der Waals surface area (Å²) in [5.41, 5.74) is 3.32. The maximum absolute atomic E-state index is 12.0. The summed E-state index contributed by atoms with van der Waals surface area (Å²) in [7, 11) is 0. The SMILES string of the molecule is O=C(CCc1nc(-c2ccncc2)cs1)NCCCc1ccccc1. The molecule has 2 heterocycles. The topological polar surface area (TPSA) is 54.9 Å². The van der Waals surface area contributed by atoms with Crippen molar-refractivity contribution in [2.45, 2.75) is 25.7 Å². The third-order valence-electron chi connectivity index (χ3n) is 3.90. The Morgan fingerprint density at radius 2 is 1.84 bits per heavy atom. The second kappa shape index (κ2) is 9.08. The predicted molar refractivity (Wildman–Crippen MR) is 101 cm³/mol. The van der Waals surface area contributed by atoms with Crippen LogP contribution in [-0.4, -0.2) is 22.4 Å². The number of amides is 1. The van der Waals surface area contributed by atoms with Gasteiger partial charge < -0.3 is 5.32 Å². The zero-order valence-corrected chi connectivity index (χ0v) is 14.8. The number of thiazole rings is 1. The van der Waals surface area contributed by atoms with E-state index >= 15 is 0 Å². The number of aromatic nitrogens is 2. The van der Waals surface area contributed by atoms with Crippen LogP contribution in [0, 0.1) is 0 Å². The first kappa shape index (κ1) is 17.3. The number of carbonyl (C=O) groups excluding carboxylic acids is 1. The lowest BCUT2D eigenvalue weighted by atomic mass is 10.1. The molecule has 2 aromatic heterocycles. The van der Waals surface area contributed by atoms with Crippen LogP contribution >= 0.6 is 11.3 Å². The van der Waals surface area contributed by atoms with Gasteiger partial charge in [0.1, 0.15) is 0 Å². The van der Waals surface area contributed by atoms with Crippen LogP contribution < -0.4 is 5.32 Å². The summed E-state index contributed by atoms with van der Waals surface area (Å²) in [6.07, 6.45) is 6.63. The molecule has 0 radical (unpaired) electrons. The number of hydrogen-bond donors (Lipinski definition) is 1. The first-order valence-corrected chi connectivity index (χ1v) is 9.34. The fraction of sp³-hybridized carbons (Fsp3) is 0.250. The van der Waals surface area contributed by atoms with Crippen molar-refractivity contribution >= 4 is 17.2 Å². The second-order valence-corrected chi connectivity index (χ2v) is 6.74. The Bertz CT molecular complexity index is 787. The summed E-state index contributed by atoms with van der Waals surface area (Å²) >= 11 is 1.60. The molecule has 0 unspecified atom stereocenters. The van der Waals surface area contributed by atoms with E-state index in [0.29, 0.717) is 19.4 Å². The van der Waals surface area contributed by atoms with Gasteiger partial charge in [-0.1, -0.05) is 30.3 Å². The second-order valence-electron chi connectivity index (χ2n) is 5.80. The molecule has 0 atom stereocenters. The average molecular weight is 351 g/mol. The number of nitrogens with zero attached hydrogens (tertiary/aromatic N) is 2. The molecule has 1 N–H and O–H groups in total. The largest absolute Gasteiger partial charge is 0.356 e. The zero-order chi connectivity index (χ0) is 17.3. The molecule has 1 amide bonds. The van der Waals surface area contributed by atoms with Gasteiger partial charge in [-0.25, -0.2) is 4.98 Å². The molecule has 5 heteroatoms. The Hall–Kier alpha value is -2.53. The van der Waals surface area contributed by atoms with Crippen LogP contribution in [0.25, 0.3) is 11.3 Å². The van der Waals surface area contributed by atoms with Crippen LogP contribution in [-0.2, 0) is 17.6 Å². The molecule has 0 bridgehead atoms. The molecule has 0 spiro atoms. The smallest absolute Gasteiger partial charge is 0.220 e. The van der Waals surface area contributed by atoms with Gasteiger partial charge in [-0.05, 0) is 30.5 Å². The van der Waals surface area contributed by atoms with Gasteiger partial charge in [-0.15, -0.1) is 11.3 Å². The Kier molecular flexibility index (Phi) is 6.29. The van der Waals surface area contributed by atoms with E-state index in [4.69, 9.17) is 0 Å². The zero-order valence-electron chi connectivity index (χ0n) is 14.0. The number of hydrogen-bond acceptors (Lipinski definition) is 4. The van der Waals surface area contributed by atoms with Gasteiger partial charge in [0.25, 0.3) is 0 Å². The molecule has 0 fully saturated rings. The molecule has 0 saturated heterocycles. The standard InChI is InChI=1S/C20H21N3OS/c24-19(22-12-4-7-16-5-2-1-3-6-16)8-9-20-23-18(15-25-20)17-10-13-21-14-11-17/h1-3,5-6,10-11,13-15H,4,7-9,12H2,(H,22,24). The summed E-state index contributed by atoms with van der Waals surface area (Å²) in [6, 6.07) is 14.2.